The molecule has 6 nitrogen and oxygen atoms in total. The zero-order valence-electron chi connectivity index (χ0n) is 14.2. The highest BCUT2D eigenvalue weighted by molar-refractivity contribution is 5.77. The number of hydrogen-bond acceptors (Lipinski definition) is 4. The molecule has 130 valence electrons. The average molecular weight is 323 g/mol. The van der Waals surface area contributed by atoms with Crippen LogP contribution in [0.3, 0.4) is 0 Å². The molecule has 3 N–H and O–H groups in total. The highest BCUT2D eigenvalue weighted by atomic mass is 16.5. The van der Waals surface area contributed by atoms with Gasteiger partial charge in [-0.2, -0.15) is 0 Å². The number of methoxy groups -OCH3 is 1. The van der Waals surface area contributed by atoms with Gasteiger partial charge in [-0.05, 0) is 31.0 Å². The lowest BCUT2D eigenvalue weighted by molar-refractivity contribution is 0.145. The fourth-order valence-electron chi connectivity index (χ4n) is 1.89. The second-order valence-corrected chi connectivity index (χ2v) is 5.02. The molecule has 6 heteroatoms. The smallest absolute Gasteiger partial charge is 0.188 e. The van der Waals surface area contributed by atoms with Crippen LogP contribution in [-0.2, 0) is 16.0 Å². The third-order valence-corrected chi connectivity index (χ3v) is 3.07. The summed E-state index contributed by atoms with van der Waals surface area (Å²) in [6, 6.07) is 7.89. The first-order valence-corrected chi connectivity index (χ1v) is 8.08. The maximum absolute atomic E-state index is 5.84. The molecule has 0 radical (unpaired) electrons. The van der Waals surface area contributed by atoms with E-state index in [2.05, 4.69) is 10.3 Å². The minimum absolute atomic E-state index is 0.452. The second kappa shape index (κ2) is 12.7. The first kappa shape index (κ1) is 19.3. The maximum Gasteiger partial charge on any atom is 0.188 e. The summed E-state index contributed by atoms with van der Waals surface area (Å²) in [6.45, 7) is 6.10. The van der Waals surface area contributed by atoms with Crippen molar-refractivity contribution in [3.05, 3.63) is 29.8 Å². The Hall–Kier alpha value is -1.79. The first-order valence-electron chi connectivity index (χ1n) is 8.08. The quantitative estimate of drug-likeness (QED) is 0.349. The summed E-state index contributed by atoms with van der Waals surface area (Å²) in [6.07, 6.45) is 1.78. The third kappa shape index (κ3) is 9.76. The minimum Gasteiger partial charge on any atom is -0.493 e. The van der Waals surface area contributed by atoms with Gasteiger partial charge in [-0.15, -0.1) is 0 Å². The fraction of sp³-hybridized carbons (Fsp3) is 0.588. The molecule has 1 aromatic rings. The lowest BCUT2D eigenvalue weighted by Gasteiger charge is -2.08. The molecule has 23 heavy (non-hydrogen) atoms. The summed E-state index contributed by atoms with van der Waals surface area (Å²) in [7, 11) is 1.69. The Morgan fingerprint density at radius 2 is 2.09 bits per heavy atom. The molecule has 1 aromatic carbocycles. The van der Waals surface area contributed by atoms with E-state index in [1.807, 2.05) is 31.2 Å². The number of ether oxygens (including phenoxy) is 3. The van der Waals surface area contributed by atoms with E-state index >= 15 is 0 Å². The van der Waals surface area contributed by atoms with Gasteiger partial charge in [0, 0.05) is 39.9 Å². The van der Waals surface area contributed by atoms with Crippen molar-refractivity contribution in [3.63, 3.8) is 0 Å². The van der Waals surface area contributed by atoms with Crippen molar-refractivity contribution in [2.24, 2.45) is 10.7 Å². The lowest BCUT2D eigenvalue weighted by Crippen LogP contribution is -2.32. The van der Waals surface area contributed by atoms with Crippen LogP contribution in [0.5, 0.6) is 5.75 Å². The number of hydrogen-bond donors (Lipinski definition) is 2. The van der Waals surface area contributed by atoms with Gasteiger partial charge in [0.05, 0.1) is 13.2 Å². The van der Waals surface area contributed by atoms with Gasteiger partial charge in [-0.3, -0.25) is 0 Å². The molecule has 0 amide bonds. The SMILES string of the molecule is CCOCCCNC(N)=NCc1cccc(OCCCOC)c1. The van der Waals surface area contributed by atoms with Crippen LogP contribution in [0, 0.1) is 0 Å². The average Bonchev–Trinajstić information content (AvgIpc) is 2.57. The summed E-state index contributed by atoms with van der Waals surface area (Å²) < 4.78 is 15.9. The van der Waals surface area contributed by atoms with E-state index in [1.165, 1.54) is 0 Å². The van der Waals surface area contributed by atoms with E-state index < -0.39 is 0 Å². The molecule has 0 bridgehead atoms. The summed E-state index contributed by atoms with van der Waals surface area (Å²) in [5, 5.41) is 3.08. The molecule has 0 saturated heterocycles. The van der Waals surface area contributed by atoms with Gasteiger partial charge in [-0.1, -0.05) is 12.1 Å². The van der Waals surface area contributed by atoms with Crippen LogP contribution in [0.25, 0.3) is 0 Å². The van der Waals surface area contributed by atoms with Gasteiger partial charge < -0.3 is 25.3 Å². The molecule has 0 unspecified atom stereocenters. The molecular formula is C17H29N3O3. The highest BCUT2D eigenvalue weighted by Crippen LogP contribution is 2.14. The first-order chi connectivity index (χ1) is 11.3. The zero-order valence-corrected chi connectivity index (χ0v) is 14.2. The molecule has 0 aliphatic rings. The van der Waals surface area contributed by atoms with Crippen LogP contribution < -0.4 is 15.8 Å². The molecule has 0 atom stereocenters. The van der Waals surface area contributed by atoms with E-state index in [0.29, 0.717) is 25.7 Å². The van der Waals surface area contributed by atoms with Crippen molar-refractivity contribution in [2.75, 3.05) is 40.1 Å². The predicted molar refractivity (Wildman–Crippen MR) is 92.9 cm³/mol. The van der Waals surface area contributed by atoms with Gasteiger partial charge in [0.15, 0.2) is 5.96 Å². The molecule has 0 aliphatic heterocycles. The van der Waals surface area contributed by atoms with Crippen LogP contribution in [0.15, 0.2) is 29.3 Å². The number of aliphatic imine (C=N–C) groups is 1. The Labute approximate surface area is 139 Å². The van der Waals surface area contributed by atoms with Gasteiger partial charge in [0.2, 0.25) is 0 Å². The molecule has 0 spiro atoms. The normalized spacial score (nSPS) is 11.5. The molecular weight excluding hydrogens is 294 g/mol. The topological polar surface area (TPSA) is 78.1 Å². The Balaban J connectivity index is 2.31. The van der Waals surface area contributed by atoms with Gasteiger partial charge in [0.1, 0.15) is 5.75 Å². The number of nitrogens with one attached hydrogen (secondary N) is 1. The second-order valence-electron chi connectivity index (χ2n) is 5.02. The summed E-state index contributed by atoms with van der Waals surface area (Å²) in [5.41, 5.74) is 6.90. The van der Waals surface area contributed by atoms with E-state index in [-0.39, 0.29) is 0 Å². The fourth-order valence-corrected chi connectivity index (χ4v) is 1.89. The highest BCUT2D eigenvalue weighted by Gasteiger charge is 1.98. The molecule has 0 aliphatic carbocycles. The Kier molecular flexibility index (Phi) is 10.7. The number of benzene rings is 1. The monoisotopic (exact) mass is 323 g/mol. The number of guanidine groups is 1. The van der Waals surface area contributed by atoms with Gasteiger partial charge >= 0.3 is 0 Å². The van der Waals surface area contributed by atoms with Crippen molar-refractivity contribution < 1.29 is 14.2 Å². The lowest BCUT2D eigenvalue weighted by atomic mass is 10.2. The van der Waals surface area contributed by atoms with Crippen LogP contribution in [0.4, 0.5) is 0 Å². The Morgan fingerprint density at radius 1 is 1.22 bits per heavy atom. The zero-order chi connectivity index (χ0) is 16.8. The maximum atomic E-state index is 5.84. The number of rotatable bonds is 12. The Bertz CT molecular complexity index is 452. The van der Waals surface area contributed by atoms with Crippen LogP contribution in [0.1, 0.15) is 25.3 Å². The molecule has 0 fully saturated rings. The number of nitrogens with two attached hydrogens (primary N) is 1. The largest absolute Gasteiger partial charge is 0.493 e. The Morgan fingerprint density at radius 3 is 2.87 bits per heavy atom. The van der Waals surface area contributed by atoms with Gasteiger partial charge in [-0.25, -0.2) is 4.99 Å². The summed E-state index contributed by atoms with van der Waals surface area (Å²) in [5.74, 6) is 1.30. The van der Waals surface area contributed by atoms with Crippen molar-refractivity contribution >= 4 is 5.96 Å². The van der Waals surface area contributed by atoms with E-state index in [9.17, 15) is 0 Å². The van der Waals surface area contributed by atoms with E-state index in [1.54, 1.807) is 7.11 Å². The van der Waals surface area contributed by atoms with E-state index in [4.69, 9.17) is 19.9 Å². The standard InChI is InChI=1S/C17H29N3O3/c1-3-22-11-5-9-19-17(18)20-14-15-7-4-8-16(13-15)23-12-6-10-21-2/h4,7-8,13H,3,5-6,9-12,14H2,1-2H3,(H3,18,19,20). The van der Waals surface area contributed by atoms with Crippen molar-refractivity contribution in [1.29, 1.82) is 0 Å². The molecule has 0 saturated carbocycles. The molecule has 0 aromatic heterocycles. The summed E-state index contributed by atoms with van der Waals surface area (Å²) >= 11 is 0. The summed E-state index contributed by atoms with van der Waals surface area (Å²) in [4.78, 5) is 4.33. The van der Waals surface area contributed by atoms with Crippen LogP contribution >= 0.6 is 0 Å². The van der Waals surface area contributed by atoms with Crippen LogP contribution in [0.2, 0.25) is 0 Å². The minimum atomic E-state index is 0.452. The third-order valence-electron chi connectivity index (χ3n) is 3.07. The van der Waals surface area contributed by atoms with Crippen LogP contribution in [-0.4, -0.2) is 46.0 Å². The van der Waals surface area contributed by atoms with Crippen molar-refractivity contribution in [3.8, 4) is 5.75 Å². The van der Waals surface area contributed by atoms with Gasteiger partial charge in [0.25, 0.3) is 0 Å². The molecule has 0 heterocycles. The molecule has 1 rings (SSSR count). The number of nitrogens with zero attached hydrogens (tertiary/aromatic N) is 1. The van der Waals surface area contributed by atoms with Crippen molar-refractivity contribution in [1.82, 2.24) is 5.32 Å². The predicted octanol–water partition coefficient (Wildman–Crippen LogP) is 1.93. The van der Waals surface area contributed by atoms with E-state index in [0.717, 1.165) is 43.9 Å². The van der Waals surface area contributed by atoms with Crippen molar-refractivity contribution in [2.45, 2.75) is 26.3 Å².